The van der Waals surface area contributed by atoms with Gasteiger partial charge in [-0.15, -0.1) is 0 Å². The van der Waals surface area contributed by atoms with E-state index in [1.807, 2.05) is 13.8 Å². The van der Waals surface area contributed by atoms with E-state index in [9.17, 15) is 9.18 Å². The van der Waals surface area contributed by atoms with Crippen LogP contribution >= 0.6 is 15.9 Å². The van der Waals surface area contributed by atoms with Crippen molar-refractivity contribution in [3.8, 4) is 0 Å². The monoisotopic (exact) mass is 329 g/mol. The molecule has 1 aliphatic carbocycles. The summed E-state index contributed by atoms with van der Waals surface area (Å²) in [5.74, 6) is -0.374. The van der Waals surface area contributed by atoms with E-state index >= 15 is 0 Å². The van der Waals surface area contributed by atoms with Crippen LogP contribution in [0.1, 0.15) is 25.3 Å². The summed E-state index contributed by atoms with van der Waals surface area (Å²) in [4.78, 5) is 17.2. The number of carbonyl (C=O) groups is 1. The van der Waals surface area contributed by atoms with Crippen molar-refractivity contribution in [1.82, 2.24) is 5.06 Å². The molecule has 5 heteroatoms. The second kappa shape index (κ2) is 4.87. The van der Waals surface area contributed by atoms with Gasteiger partial charge < -0.3 is 0 Å². The smallest absolute Gasteiger partial charge is 0.250 e. The van der Waals surface area contributed by atoms with Gasteiger partial charge in [0, 0.05) is 13.0 Å². The molecule has 0 radical (unpaired) electrons. The lowest BCUT2D eigenvalue weighted by atomic mass is 10.0. The third-order valence-corrected chi connectivity index (χ3v) is 4.59. The van der Waals surface area contributed by atoms with E-state index in [1.54, 1.807) is 19.2 Å². The molecule has 2 rings (SSSR count). The molecule has 0 aliphatic heterocycles. The molecular weight excluding hydrogens is 313 g/mol. The summed E-state index contributed by atoms with van der Waals surface area (Å²) in [7, 11) is 3.07. The maximum Gasteiger partial charge on any atom is 0.250 e. The van der Waals surface area contributed by atoms with E-state index in [4.69, 9.17) is 4.84 Å². The van der Waals surface area contributed by atoms with Crippen LogP contribution in [-0.4, -0.2) is 25.1 Å². The summed E-state index contributed by atoms with van der Waals surface area (Å²) in [6, 6.07) is 4.92. The van der Waals surface area contributed by atoms with Crippen molar-refractivity contribution in [2.24, 2.45) is 11.3 Å². The molecule has 0 aromatic heterocycles. The van der Waals surface area contributed by atoms with Crippen molar-refractivity contribution in [1.29, 1.82) is 0 Å². The van der Waals surface area contributed by atoms with Crippen LogP contribution in [0.25, 0.3) is 0 Å². The summed E-state index contributed by atoms with van der Waals surface area (Å²) in [5.41, 5.74) is 0.836. The highest BCUT2D eigenvalue weighted by molar-refractivity contribution is 9.10. The molecule has 1 aromatic rings. The van der Waals surface area contributed by atoms with Gasteiger partial charge >= 0.3 is 0 Å². The number of hydrogen-bond donors (Lipinski definition) is 0. The molecule has 2 atom stereocenters. The molecule has 19 heavy (non-hydrogen) atoms. The molecule has 1 fully saturated rings. The third kappa shape index (κ3) is 2.41. The molecule has 0 saturated heterocycles. The Bertz CT molecular complexity index is 518. The first-order chi connectivity index (χ1) is 8.80. The summed E-state index contributed by atoms with van der Waals surface area (Å²) in [6.07, 6.45) is 0. The van der Waals surface area contributed by atoms with Crippen LogP contribution in [0.4, 0.5) is 4.39 Å². The summed E-state index contributed by atoms with van der Waals surface area (Å²) in [6.45, 7) is 4.09. The normalized spacial score (nSPS) is 24.1. The first-order valence-corrected chi connectivity index (χ1v) is 6.86. The van der Waals surface area contributed by atoms with Crippen LogP contribution in [0, 0.1) is 17.2 Å². The van der Waals surface area contributed by atoms with E-state index in [-0.39, 0.29) is 29.0 Å². The van der Waals surface area contributed by atoms with Crippen LogP contribution in [0.2, 0.25) is 0 Å². The number of benzene rings is 1. The molecule has 0 bridgehead atoms. The van der Waals surface area contributed by atoms with Gasteiger partial charge in [-0.1, -0.05) is 19.9 Å². The van der Waals surface area contributed by atoms with Gasteiger partial charge in [0.1, 0.15) is 5.82 Å². The molecule has 1 amide bonds. The Morgan fingerprint density at radius 3 is 2.63 bits per heavy atom. The molecule has 3 nitrogen and oxygen atoms in total. The van der Waals surface area contributed by atoms with E-state index in [1.165, 1.54) is 18.2 Å². The van der Waals surface area contributed by atoms with Crippen molar-refractivity contribution in [3.63, 3.8) is 0 Å². The van der Waals surface area contributed by atoms with Gasteiger partial charge in [-0.05, 0) is 39.0 Å². The van der Waals surface area contributed by atoms with Gasteiger partial charge in [0.2, 0.25) is 5.91 Å². The van der Waals surface area contributed by atoms with Crippen LogP contribution in [-0.2, 0) is 9.63 Å². The van der Waals surface area contributed by atoms with Crippen molar-refractivity contribution < 1.29 is 14.0 Å². The van der Waals surface area contributed by atoms with Crippen LogP contribution in [0.15, 0.2) is 22.7 Å². The number of nitrogens with zero attached hydrogens (tertiary/aromatic N) is 1. The Labute approximate surface area is 120 Å². The number of halogens is 2. The van der Waals surface area contributed by atoms with Gasteiger partial charge in [-0.25, -0.2) is 9.45 Å². The zero-order chi connectivity index (χ0) is 14.4. The molecule has 1 saturated carbocycles. The molecule has 104 valence electrons. The van der Waals surface area contributed by atoms with Crippen molar-refractivity contribution in [2.75, 3.05) is 14.2 Å². The number of amides is 1. The number of hydroxylamine groups is 2. The van der Waals surface area contributed by atoms with Crippen molar-refractivity contribution in [3.05, 3.63) is 34.1 Å². The van der Waals surface area contributed by atoms with Gasteiger partial charge in [-0.2, -0.15) is 0 Å². The van der Waals surface area contributed by atoms with Crippen LogP contribution < -0.4 is 0 Å². The van der Waals surface area contributed by atoms with Crippen molar-refractivity contribution >= 4 is 21.8 Å². The quantitative estimate of drug-likeness (QED) is 0.796. The molecule has 1 aliphatic rings. The first kappa shape index (κ1) is 14.5. The van der Waals surface area contributed by atoms with Gasteiger partial charge in [0.05, 0.1) is 17.5 Å². The Morgan fingerprint density at radius 1 is 1.47 bits per heavy atom. The average Bonchev–Trinajstić information content (AvgIpc) is 2.93. The minimum absolute atomic E-state index is 0.0436. The minimum Gasteiger partial charge on any atom is -0.275 e. The molecular formula is C14H17BrFNO2. The standard InChI is InChI=1S/C14H17BrFNO2/c1-14(2)11(12(14)13(18)17(3)19-4)8-5-6-10(16)9(15)7-8/h5-7,11-12H,1-4H3/t11-,12+/m1/s1. The molecule has 0 unspecified atom stereocenters. The average molecular weight is 330 g/mol. The highest BCUT2D eigenvalue weighted by Gasteiger charge is 2.63. The van der Waals surface area contributed by atoms with E-state index in [0.717, 1.165) is 5.56 Å². The van der Waals surface area contributed by atoms with Gasteiger partial charge in [-0.3, -0.25) is 9.63 Å². The SMILES string of the molecule is CON(C)C(=O)[C@@H]1[C@@H](c2ccc(F)c(Br)c2)C1(C)C. The Morgan fingerprint density at radius 2 is 2.11 bits per heavy atom. The maximum atomic E-state index is 13.3. The number of carbonyl (C=O) groups excluding carboxylic acids is 1. The summed E-state index contributed by atoms with van der Waals surface area (Å²) < 4.78 is 13.7. The number of rotatable bonds is 3. The highest BCUT2D eigenvalue weighted by Crippen LogP contribution is 2.65. The highest BCUT2D eigenvalue weighted by atomic mass is 79.9. The fraction of sp³-hybridized carbons (Fsp3) is 0.500. The fourth-order valence-electron chi connectivity index (χ4n) is 2.71. The third-order valence-electron chi connectivity index (χ3n) is 3.98. The maximum absolute atomic E-state index is 13.3. The lowest BCUT2D eigenvalue weighted by molar-refractivity contribution is -0.171. The zero-order valence-corrected chi connectivity index (χ0v) is 13.0. The topological polar surface area (TPSA) is 29.5 Å². The Balaban J connectivity index is 2.26. The fourth-order valence-corrected chi connectivity index (χ4v) is 3.11. The predicted octanol–water partition coefficient (Wildman–Crippen LogP) is 3.35. The van der Waals surface area contributed by atoms with E-state index < -0.39 is 0 Å². The Hall–Kier alpha value is -0.940. The second-order valence-corrected chi connectivity index (χ2v) is 6.32. The molecule has 1 aromatic carbocycles. The van der Waals surface area contributed by atoms with Crippen LogP contribution in [0.5, 0.6) is 0 Å². The van der Waals surface area contributed by atoms with Crippen molar-refractivity contribution in [2.45, 2.75) is 19.8 Å². The minimum atomic E-state index is -0.293. The van der Waals surface area contributed by atoms with Crippen LogP contribution in [0.3, 0.4) is 0 Å². The molecule has 0 spiro atoms. The predicted molar refractivity (Wildman–Crippen MR) is 73.9 cm³/mol. The molecule has 0 N–H and O–H groups in total. The summed E-state index contributed by atoms with van der Waals surface area (Å²) in [5, 5.41) is 1.25. The summed E-state index contributed by atoms with van der Waals surface area (Å²) >= 11 is 3.18. The lowest BCUT2D eigenvalue weighted by Gasteiger charge is -2.14. The molecule has 0 heterocycles. The lowest BCUT2D eigenvalue weighted by Crippen LogP contribution is -2.28. The first-order valence-electron chi connectivity index (χ1n) is 6.07. The van der Waals surface area contributed by atoms with Gasteiger partial charge in [0.25, 0.3) is 0 Å². The second-order valence-electron chi connectivity index (χ2n) is 5.47. The largest absolute Gasteiger partial charge is 0.275 e. The van der Waals surface area contributed by atoms with E-state index in [2.05, 4.69) is 15.9 Å². The van der Waals surface area contributed by atoms with E-state index in [0.29, 0.717) is 4.47 Å². The van der Waals surface area contributed by atoms with Gasteiger partial charge in [0.15, 0.2) is 0 Å². The zero-order valence-electron chi connectivity index (χ0n) is 11.4. The Kier molecular flexibility index (Phi) is 3.71. The number of hydrogen-bond acceptors (Lipinski definition) is 2.